The summed E-state index contributed by atoms with van der Waals surface area (Å²) in [5.41, 5.74) is 0.649. The Morgan fingerprint density at radius 3 is 2.47 bits per heavy atom. The van der Waals surface area contributed by atoms with Crippen molar-refractivity contribution in [3.05, 3.63) is 23.8 Å². The first kappa shape index (κ1) is 12.4. The van der Waals surface area contributed by atoms with Gasteiger partial charge in [-0.1, -0.05) is 0 Å². The Morgan fingerprint density at radius 2 is 1.94 bits per heavy atom. The maximum atomic E-state index is 12.8. The molecule has 0 amide bonds. The average molecular weight is 258 g/mol. The Balaban J connectivity index is 2.19. The zero-order chi connectivity index (χ0) is 12.5. The minimum absolute atomic E-state index is 0.210. The maximum absolute atomic E-state index is 12.8. The van der Waals surface area contributed by atoms with Gasteiger partial charge in [-0.15, -0.1) is 3.89 Å². The van der Waals surface area contributed by atoms with Crippen molar-refractivity contribution in [1.29, 1.82) is 0 Å². The number of rotatable bonds is 3. The van der Waals surface area contributed by atoms with E-state index in [2.05, 4.69) is 0 Å². The molecule has 1 aromatic carbocycles. The average Bonchev–Trinajstić information content (AvgIpc) is 2.72. The highest BCUT2D eigenvalue weighted by Gasteiger charge is 2.18. The first-order valence-corrected chi connectivity index (χ1v) is 7.07. The molecule has 0 aliphatic heterocycles. The van der Waals surface area contributed by atoms with Gasteiger partial charge in [0.2, 0.25) is 0 Å². The number of hydrogen-bond acceptors (Lipinski definition) is 3. The van der Waals surface area contributed by atoms with E-state index in [0.29, 0.717) is 11.3 Å². The molecule has 2 rings (SSSR count). The Labute approximate surface area is 101 Å². The minimum atomic E-state index is -4.62. The molecular weight excluding hydrogens is 243 g/mol. The maximum Gasteiger partial charge on any atom is 0.332 e. The van der Waals surface area contributed by atoms with Gasteiger partial charge in [-0.05, 0) is 56.4 Å². The lowest BCUT2D eigenvalue weighted by atomic mass is 10.2. The molecule has 94 valence electrons. The van der Waals surface area contributed by atoms with Gasteiger partial charge in [0, 0.05) is 0 Å². The summed E-state index contributed by atoms with van der Waals surface area (Å²) in [7, 11) is -4.62. The Morgan fingerprint density at radius 1 is 1.29 bits per heavy atom. The smallest absolute Gasteiger partial charge is 0.332 e. The van der Waals surface area contributed by atoms with Crippen molar-refractivity contribution in [3.63, 3.8) is 0 Å². The van der Waals surface area contributed by atoms with Gasteiger partial charge in [0.1, 0.15) is 5.75 Å². The Kier molecular flexibility index (Phi) is 3.38. The lowest BCUT2D eigenvalue weighted by molar-refractivity contribution is 0.208. The number of aryl methyl sites for hydroxylation is 1. The summed E-state index contributed by atoms with van der Waals surface area (Å²) in [4.78, 5) is -0.311. The molecule has 0 atom stereocenters. The van der Waals surface area contributed by atoms with E-state index in [4.69, 9.17) is 4.74 Å². The van der Waals surface area contributed by atoms with Gasteiger partial charge in [-0.2, -0.15) is 8.42 Å². The largest absolute Gasteiger partial charge is 0.490 e. The molecule has 1 saturated carbocycles. The van der Waals surface area contributed by atoms with E-state index in [0.717, 1.165) is 12.8 Å². The molecule has 1 aliphatic carbocycles. The van der Waals surface area contributed by atoms with Crippen molar-refractivity contribution < 1.29 is 17.0 Å². The summed E-state index contributed by atoms with van der Waals surface area (Å²) < 4.78 is 40.0. The molecule has 0 heterocycles. The lowest BCUT2D eigenvalue weighted by Crippen LogP contribution is -2.11. The Hall–Kier alpha value is -1.10. The van der Waals surface area contributed by atoms with Gasteiger partial charge in [0.05, 0.1) is 11.0 Å². The topological polar surface area (TPSA) is 43.4 Å². The van der Waals surface area contributed by atoms with Crippen LogP contribution in [-0.2, 0) is 10.2 Å². The van der Waals surface area contributed by atoms with Crippen LogP contribution in [0.1, 0.15) is 31.2 Å². The summed E-state index contributed by atoms with van der Waals surface area (Å²) in [6.45, 7) is 1.72. The molecule has 17 heavy (non-hydrogen) atoms. The van der Waals surface area contributed by atoms with Crippen LogP contribution in [0, 0.1) is 6.92 Å². The quantitative estimate of drug-likeness (QED) is 0.783. The number of halogens is 1. The summed E-state index contributed by atoms with van der Waals surface area (Å²) in [6, 6.07) is 4.08. The lowest BCUT2D eigenvalue weighted by Gasteiger charge is -2.15. The van der Waals surface area contributed by atoms with E-state index in [9.17, 15) is 12.3 Å². The second-order valence-corrected chi connectivity index (χ2v) is 5.74. The second kappa shape index (κ2) is 4.64. The van der Waals surface area contributed by atoms with E-state index in [1.54, 1.807) is 6.92 Å². The summed E-state index contributed by atoms with van der Waals surface area (Å²) in [5, 5.41) is 0. The fourth-order valence-electron chi connectivity index (χ4n) is 2.09. The van der Waals surface area contributed by atoms with Gasteiger partial charge in [0.15, 0.2) is 0 Å². The van der Waals surface area contributed by atoms with Crippen molar-refractivity contribution in [2.75, 3.05) is 0 Å². The molecule has 0 unspecified atom stereocenters. The van der Waals surface area contributed by atoms with Crippen molar-refractivity contribution in [3.8, 4) is 5.75 Å². The molecule has 0 saturated heterocycles. The number of hydrogen-bond donors (Lipinski definition) is 0. The van der Waals surface area contributed by atoms with Gasteiger partial charge in [-0.3, -0.25) is 0 Å². The van der Waals surface area contributed by atoms with Gasteiger partial charge in [0.25, 0.3) is 0 Å². The van der Waals surface area contributed by atoms with Crippen LogP contribution in [0.3, 0.4) is 0 Å². The third-order valence-electron chi connectivity index (χ3n) is 3.02. The van der Waals surface area contributed by atoms with Crippen molar-refractivity contribution in [2.45, 2.75) is 43.6 Å². The van der Waals surface area contributed by atoms with Crippen LogP contribution in [0.4, 0.5) is 3.89 Å². The van der Waals surface area contributed by atoms with Crippen molar-refractivity contribution >= 4 is 10.2 Å². The van der Waals surface area contributed by atoms with E-state index in [1.807, 2.05) is 0 Å². The summed E-state index contributed by atoms with van der Waals surface area (Å²) in [5.74, 6) is 0.643. The van der Waals surface area contributed by atoms with Crippen LogP contribution in [0.2, 0.25) is 0 Å². The van der Waals surface area contributed by atoms with Crippen molar-refractivity contribution in [1.82, 2.24) is 0 Å². The minimum Gasteiger partial charge on any atom is -0.490 e. The highest BCUT2D eigenvalue weighted by Crippen LogP contribution is 2.28. The predicted octanol–water partition coefficient (Wildman–Crippen LogP) is 2.97. The molecule has 0 spiro atoms. The zero-order valence-corrected chi connectivity index (χ0v) is 10.5. The SMILES string of the molecule is Cc1cc(S(=O)(=O)F)ccc1OC1CCCC1. The molecule has 0 bridgehead atoms. The van der Waals surface area contributed by atoms with Crippen LogP contribution in [0.15, 0.2) is 23.1 Å². The van der Waals surface area contributed by atoms with Crippen LogP contribution in [0.5, 0.6) is 5.75 Å². The van der Waals surface area contributed by atoms with Crippen LogP contribution < -0.4 is 4.74 Å². The second-order valence-electron chi connectivity index (χ2n) is 4.39. The van der Waals surface area contributed by atoms with E-state index >= 15 is 0 Å². The monoisotopic (exact) mass is 258 g/mol. The molecule has 1 aliphatic rings. The molecule has 5 heteroatoms. The van der Waals surface area contributed by atoms with Gasteiger partial charge in [-0.25, -0.2) is 0 Å². The van der Waals surface area contributed by atoms with Gasteiger partial charge < -0.3 is 4.74 Å². The van der Waals surface area contributed by atoms with E-state index < -0.39 is 10.2 Å². The van der Waals surface area contributed by atoms with Crippen LogP contribution in [0.25, 0.3) is 0 Å². The number of benzene rings is 1. The molecule has 1 aromatic rings. The highest BCUT2D eigenvalue weighted by molar-refractivity contribution is 7.86. The van der Waals surface area contributed by atoms with Crippen LogP contribution >= 0.6 is 0 Å². The molecular formula is C12H15FO3S. The highest BCUT2D eigenvalue weighted by atomic mass is 32.3. The first-order valence-electron chi connectivity index (χ1n) is 5.69. The van der Waals surface area contributed by atoms with E-state index in [1.165, 1.54) is 31.0 Å². The molecule has 0 aromatic heterocycles. The zero-order valence-electron chi connectivity index (χ0n) is 9.65. The predicted molar refractivity (Wildman–Crippen MR) is 62.4 cm³/mol. The number of ether oxygens (including phenoxy) is 1. The first-order chi connectivity index (χ1) is 7.97. The third-order valence-corrected chi connectivity index (χ3v) is 3.84. The van der Waals surface area contributed by atoms with E-state index in [-0.39, 0.29) is 11.0 Å². The fourth-order valence-corrected chi connectivity index (χ4v) is 2.64. The van der Waals surface area contributed by atoms with Crippen molar-refractivity contribution in [2.24, 2.45) is 0 Å². The molecule has 3 nitrogen and oxygen atoms in total. The molecule has 0 N–H and O–H groups in total. The van der Waals surface area contributed by atoms with Crippen LogP contribution in [-0.4, -0.2) is 14.5 Å². The van der Waals surface area contributed by atoms with Gasteiger partial charge >= 0.3 is 10.2 Å². The summed E-state index contributed by atoms with van der Waals surface area (Å²) in [6.07, 6.45) is 4.61. The molecule has 1 fully saturated rings. The standard InChI is InChI=1S/C12H15FO3S/c1-9-8-11(17(13,14)15)6-7-12(9)16-10-4-2-3-5-10/h6-8,10H,2-5H2,1H3. The third kappa shape index (κ3) is 2.97. The fraction of sp³-hybridized carbons (Fsp3) is 0.500. The normalized spacial score (nSPS) is 17.3. The molecule has 0 radical (unpaired) electrons. The Bertz CT molecular complexity index is 504. The summed E-state index contributed by atoms with van der Waals surface area (Å²) >= 11 is 0.